The molecule has 0 spiro atoms. The number of aromatic nitrogens is 2. The molecular formula is C10H7Br2N3O4S. The van der Waals surface area contributed by atoms with Crippen LogP contribution in [0.15, 0.2) is 38.1 Å². The van der Waals surface area contributed by atoms with E-state index >= 15 is 0 Å². The minimum absolute atomic E-state index is 0.00625. The molecule has 2 aromatic rings. The van der Waals surface area contributed by atoms with Gasteiger partial charge in [0, 0.05) is 15.0 Å². The summed E-state index contributed by atoms with van der Waals surface area (Å²) in [5, 5.41) is 14.5. The SMILES string of the molecule is O=C(O)c1cc(NS(=O)(=O)c2cc(Br)ccc2Br)n[nH]1. The number of anilines is 1. The molecule has 0 saturated heterocycles. The largest absolute Gasteiger partial charge is 0.477 e. The Balaban J connectivity index is 2.35. The van der Waals surface area contributed by atoms with Gasteiger partial charge in [-0.05, 0) is 34.1 Å². The van der Waals surface area contributed by atoms with Crippen LogP contribution in [0.2, 0.25) is 0 Å². The van der Waals surface area contributed by atoms with Gasteiger partial charge in [-0.25, -0.2) is 13.2 Å². The van der Waals surface area contributed by atoms with Gasteiger partial charge in [-0.2, -0.15) is 5.10 Å². The first kappa shape index (κ1) is 15.0. The van der Waals surface area contributed by atoms with Crippen molar-refractivity contribution in [3.8, 4) is 0 Å². The molecular weight excluding hydrogens is 418 g/mol. The van der Waals surface area contributed by atoms with Crippen molar-refractivity contribution in [1.29, 1.82) is 0 Å². The van der Waals surface area contributed by atoms with Gasteiger partial charge in [0.15, 0.2) is 5.82 Å². The van der Waals surface area contributed by atoms with Gasteiger partial charge in [-0.3, -0.25) is 9.82 Å². The highest BCUT2D eigenvalue weighted by molar-refractivity contribution is 9.11. The van der Waals surface area contributed by atoms with Gasteiger partial charge >= 0.3 is 5.97 Å². The monoisotopic (exact) mass is 423 g/mol. The Bertz CT molecular complexity index is 773. The average Bonchev–Trinajstić information content (AvgIpc) is 2.80. The van der Waals surface area contributed by atoms with Crippen molar-refractivity contribution >= 4 is 53.7 Å². The molecule has 20 heavy (non-hydrogen) atoms. The second-order valence-electron chi connectivity index (χ2n) is 3.65. The second kappa shape index (κ2) is 5.54. The van der Waals surface area contributed by atoms with Crippen molar-refractivity contribution in [2.45, 2.75) is 4.90 Å². The number of nitrogens with zero attached hydrogens (tertiary/aromatic N) is 1. The smallest absolute Gasteiger partial charge is 0.353 e. The highest BCUT2D eigenvalue weighted by Gasteiger charge is 2.20. The lowest BCUT2D eigenvalue weighted by Gasteiger charge is -2.07. The van der Waals surface area contributed by atoms with Crippen LogP contribution in [0.25, 0.3) is 0 Å². The van der Waals surface area contributed by atoms with Crippen LogP contribution in [-0.4, -0.2) is 29.7 Å². The predicted molar refractivity (Wildman–Crippen MR) is 78.2 cm³/mol. The van der Waals surface area contributed by atoms with E-state index in [2.05, 4.69) is 46.8 Å². The van der Waals surface area contributed by atoms with Gasteiger partial charge in [0.1, 0.15) is 10.6 Å². The van der Waals surface area contributed by atoms with Crippen molar-refractivity contribution in [1.82, 2.24) is 10.2 Å². The normalized spacial score (nSPS) is 11.3. The van der Waals surface area contributed by atoms with Crippen molar-refractivity contribution in [3.63, 3.8) is 0 Å². The number of aromatic amines is 1. The molecule has 0 fully saturated rings. The summed E-state index contributed by atoms with van der Waals surface area (Å²) in [4.78, 5) is 10.7. The van der Waals surface area contributed by atoms with E-state index in [-0.39, 0.29) is 16.4 Å². The summed E-state index contributed by atoms with van der Waals surface area (Å²) in [6.07, 6.45) is 0. The zero-order valence-electron chi connectivity index (χ0n) is 9.59. The Labute approximate surface area is 130 Å². The number of carboxylic acids is 1. The number of aromatic carboxylic acids is 1. The van der Waals surface area contributed by atoms with Gasteiger partial charge in [-0.1, -0.05) is 15.9 Å². The molecule has 0 aliphatic heterocycles. The van der Waals surface area contributed by atoms with E-state index in [1.165, 1.54) is 6.07 Å². The van der Waals surface area contributed by atoms with E-state index in [9.17, 15) is 13.2 Å². The first-order valence-electron chi connectivity index (χ1n) is 5.06. The Morgan fingerprint density at radius 3 is 2.60 bits per heavy atom. The summed E-state index contributed by atoms with van der Waals surface area (Å²) in [5.41, 5.74) is -0.212. The topological polar surface area (TPSA) is 112 Å². The standard InChI is InChI=1S/C10H7Br2N3O4S/c11-5-1-2-6(12)8(3-5)20(18,19)15-9-4-7(10(16)17)13-14-9/h1-4H,(H,16,17)(H2,13,14,15). The maximum atomic E-state index is 12.2. The molecule has 1 aromatic heterocycles. The van der Waals surface area contributed by atoms with Crippen LogP contribution < -0.4 is 4.72 Å². The second-order valence-corrected chi connectivity index (χ2v) is 7.07. The number of H-pyrrole nitrogens is 1. The number of carboxylic acid groups (broad SMARTS) is 1. The summed E-state index contributed by atoms with van der Waals surface area (Å²) >= 11 is 6.33. The molecule has 1 aromatic carbocycles. The van der Waals surface area contributed by atoms with E-state index in [0.29, 0.717) is 8.95 Å². The van der Waals surface area contributed by atoms with Crippen molar-refractivity contribution < 1.29 is 18.3 Å². The number of hydrogen-bond acceptors (Lipinski definition) is 4. The van der Waals surface area contributed by atoms with Crippen LogP contribution in [0.4, 0.5) is 5.82 Å². The Hall–Kier alpha value is -1.39. The number of hydrogen-bond donors (Lipinski definition) is 3. The third-order valence-corrected chi connectivity index (χ3v) is 5.07. The Morgan fingerprint density at radius 2 is 2.00 bits per heavy atom. The number of halogens is 2. The third-order valence-electron chi connectivity index (χ3n) is 2.23. The van der Waals surface area contributed by atoms with E-state index in [0.717, 1.165) is 6.07 Å². The van der Waals surface area contributed by atoms with Crippen molar-refractivity contribution in [2.75, 3.05) is 4.72 Å². The van der Waals surface area contributed by atoms with E-state index in [1.807, 2.05) is 0 Å². The number of benzene rings is 1. The number of carbonyl (C=O) groups is 1. The fraction of sp³-hybridized carbons (Fsp3) is 0. The molecule has 1 heterocycles. The minimum atomic E-state index is -3.88. The molecule has 0 bridgehead atoms. The lowest BCUT2D eigenvalue weighted by molar-refractivity contribution is 0.0690. The van der Waals surface area contributed by atoms with Crippen LogP contribution in [-0.2, 0) is 10.0 Å². The average molecular weight is 425 g/mol. The number of rotatable bonds is 4. The highest BCUT2D eigenvalue weighted by Crippen LogP contribution is 2.27. The Morgan fingerprint density at radius 1 is 1.30 bits per heavy atom. The lowest BCUT2D eigenvalue weighted by Crippen LogP contribution is -2.13. The number of sulfonamides is 1. The fourth-order valence-electron chi connectivity index (χ4n) is 1.36. The number of nitrogens with one attached hydrogen (secondary N) is 2. The first-order chi connectivity index (χ1) is 9.29. The van der Waals surface area contributed by atoms with E-state index in [1.54, 1.807) is 12.1 Å². The van der Waals surface area contributed by atoms with E-state index in [4.69, 9.17) is 5.11 Å². The maximum absolute atomic E-state index is 12.2. The Kier molecular flexibility index (Phi) is 4.16. The molecule has 2 rings (SSSR count). The summed E-state index contributed by atoms with van der Waals surface area (Å²) in [7, 11) is -3.88. The zero-order chi connectivity index (χ0) is 14.9. The molecule has 0 radical (unpaired) electrons. The molecule has 106 valence electrons. The maximum Gasteiger partial charge on any atom is 0.353 e. The molecule has 0 saturated carbocycles. The fourth-order valence-corrected chi connectivity index (χ4v) is 3.85. The van der Waals surface area contributed by atoms with Crippen LogP contribution in [0.1, 0.15) is 10.5 Å². The molecule has 0 atom stereocenters. The summed E-state index contributed by atoms with van der Waals surface area (Å²) in [6, 6.07) is 5.76. The molecule has 10 heteroatoms. The van der Waals surface area contributed by atoms with Crippen molar-refractivity contribution in [3.05, 3.63) is 38.9 Å². The van der Waals surface area contributed by atoms with Crippen LogP contribution in [0.3, 0.4) is 0 Å². The molecule has 0 amide bonds. The van der Waals surface area contributed by atoms with Gasteiger partial charge in [0.25, 0.3) is 10.0 Å². The van der Waals surface area contributed by atoms with E-state index < -0.39 is 16.0 Å². The zero-order valence-corrected chi connectivity index (χ0v) is 13.6. The quantitative estimate of drug-likeness (QED) is 0.697. The third kappa shape index (κ3) is 3.19. The van der Waals surface area contributed by atoms with Crippen LogP contribution >= 0.6 is 31.9 Å². The van der Waals surface area contributed by atoms with Crippen LogP contribution in [0, 0.1) is 0 Å². The summed E-state index contributed by atoms with van der Waals surface area (Å²) in [5.74, 6) is -1.33. The van der Waals surface area contributed by atoms with Crippen molar-refractivity contribution in [2.24, 2.45) is 0 Å². The van der Waals surface area contributed by atoms with Gasteiger partial charge in [0.05, 0.1) is 0 Å². The molecule has 0 aliphatic carbocycles. The lowest BCUT2D eigenvalue weighted by atomic mass is 10.4. The van der Waals surface area contributed by atoms with Crippen LogP contribution in [0.5, 0.6) is 0 Å². The molecule has 7 nitrogen and oxygen atoms in total. The summed E-state index contributed by atoms with van der Waals surface area (Å²) in [6.45, 7) is 0. The molecule has 0 aliphatic rings. The summed E-state index contributed by atoms with van der Waals surface area (Å²) < 4.78 is 27.5. The van der Waals surface area contributed by atoms with Gasteiger partial charge in [0.2, 0.25) is 0 Å². The first-order valence-corrected chi connectivity index (χ1v) is 8.13. The minimum Gasteiger partial charge on any atom is -0.477 e. The predicted octanol–water partition coefficient (Wildman–Crippen LogP) is 2.43. The highest BCUT2D eigenvalue weighted by atomic mass is 79.9. The van der Waals surface area contributed by atoms with Gasteiger partial charge in [-0.15, -0.1) is 0 Å². The molecule has 0 unspecified atom stereocenters. The molecule has 3 N–H and O–H groups in total. The van der Waals surface area contributed by atoms with Gasteiger partial charge < -0.3 is 5.11 Å².